The number of carbonyl (C=O) groups excluding carboxylic acids is 1. The van der Waals surface area contributed by atoms with E-state index in [0.717, 1.165) is 19.3 Å². The van der Waals surface area contributed by atoms with Gasteiger partial charge in [-0.25, -0.2) is 9.78 Å². The summed E-state index contributed by atoms with van der Waals surface area (Å²) in [6.45, 7) is 0.506. The van der Waals surface area contributed by atoms with Crippen LogP contribution in [0.1, 0.15) is 29.6 Å². The van der Waals surface area contributed by atoms with Gasteiger partial charge in [-0.1, -0.05) is 18.0 Å². The lowest BCUT2D eigenvalue weighted by Crippen LogP contribution is -2.43. The zero-order valence-electron chi connectivity index (χ0n) is 10.8. The molecule has 1 amide bonds. The van der Waals surface area contributed by atoms with Crippen LogP contribution in [0.4, 0.5) is 0 Å². The number of carboxylic acid groups (broad SMARTS) is 1. The molecule has 5 nitrogen and oxygen atoms in total. The number of nitrogens with zero attached hydrogens (tertiary/aromatic N) is 2. The Labute approximate surface area is 121 Å². The first-order valence-electron chi connectivity index (χ1n) is 6.74. The lowest BCUT2D eigenvalue weighted by molar-refractivity contribution is -0.142. The van der Waals surface area contributed by atoms with Gasteiger partial charge >= 0.3 is 5.97 Å². The summed E-state index contributed by atoms with van der Waals surface area (Å²) in [5.41, 5.74) is 0.278. The Balaban J connectivity index is 1.91. The molecular weight excluding hydrogens is 280 g/mol. The fourth-order valence-electron chi connectivity index (χ4n) is 3.53. The van der Waals surface area contributed by atoms with Gasteiger partial charge in [0.2, 0.25) is 0 Å². The fraction of sp³-hybridized carbons (Fsp3) is 0.500. The standard InChI is InChI=1S/C14H15ClN2O3/c15-12-10(5-2-6-16-12)13(18)17-7-8-3-1-4-9(8)11(17)14(19)20/h2,5-6,8-9,11H,1,3-4,7H2,(H,19,20). The predicted octanol–water partition coefficient (Wildman–Crippen LogP) is 2.06. The minimum absolute atomic E-state index is 0.0758. The van der Waals surface area contributed by atoms with Crippen LogP contribution < -0.4 is 0 Å². The second kappa shape index (κ2) is 5.05. The maximum atomic E-state index is 12.6. The molecule has 1 saturated heterocycles. The molecule has 3 atom stereocenters. The Morgan fingerprint density at radius 3 is 2.90 bits per heavy atom. The van der Waals surface area contributed by atoms with E-state index < -0.39 is 12.0 Å². The Bertz CT molecular complexity index is 563. The van der Waals surface area contributed by atoms with Crippen LogP contribution in [-0.4, -0.2) is 39.5 Å². The molecule has 1 aliphatic carbocycles. The smallest absolute Gasteiger partial charge is 0.326 e. The highest BCUT2D eigenvalue weighted by atomic mass is 35.5. The molecule has 106 valence electrons. The molecule has 3 rings (SSSR count). The zero-order chi connectivity index (χ0) is 14.3. The summed E-state index contributed by atoms with van der Waals surface area (Å²) in [6.07, 6.45) is 4.44. The van der Waals surface area contributed by atoms with Crippen molar-refractivity contribution < 1.29 is 14.7 Å². The van der Waals surface area contributed by atoms with Crippen LogP contribution in [0.3, 0.4) is 0 Å². The number of carboxylic acids is 1. The molecule has 1 N–H and O–H groups in total. The van der Waals surface area contributed by atoms with Crippen LogP contribution in [-0.2, 0) is 4.79 Å². The molecule has 20 heavy (non-hydrogen) atoms. The molecule has 1 aliphatic heterocycles. The maximum Gasteiger partial charge on any atom is 0.326 e. The first-order chi connectivity index (χ1) is 9.59. The maximum absolute atomic E-state index is 12.6. The van der Waals surface area contributed by atoms with Gasteiger partial charge in [0.1, 0.15) is 11.2 Å². The van der Waals surface area contributed by atoms with E-state index in [1.165, 1.54) is 11.1 Å². The van der Waals surface area contributed by atoms with Gasteiger partial charge in [0, 0.05) is 12.7 Å². The highest BCUT2D eigenvalue weighted by Crippen LogP contribution is 2.42. The number of hydrogen-bond acceptors (Lipinski definition) is 3. The second-order valence-electron chi connectivity index (χ2n) is 5.44. The van der Waals surface area contributed by atoms with Gasteiger partial charge in [-0.3, -0.25) is 4.79 Å². The lowest BCUT2D eigenvalue weighted by atomic mass is 9.94. The molecule has 6 heteroatoms. The number of amides is 1. The van der Waals surface area contributed by atoms with E-state index >= 15 is 0 Å². The van der Waals surface area contributed by atoms with Crippen molar-refractivity contribution >= 4 is 23.5 Å². The quantitative estimate of drug-likeness (QED) is 0.848. The van der Waals surface area contributed by atoms with Crippen LogP contribution >= 0.6 is 11.6 Å². The van der Waals surface area contributed by atoms with Gasteiger partial charge in [-0.05, 0) is 36.8 Å². The molecule has 0 bridgehead atoms. The third kappa shape index (κ3) is 2.06. The number of aliphatic carboxylic acids is 1. The van der Waals surface area contributed by atoms with E-state index in [2.05, 4.69) is 4.98 Å². The number of likely N-dealkylation sites (tertiary alicyclic amines) is 1. The molecule has 0 aromatic carbocycles. The van der Waals surface area contributed by atoms with Crippen molar-refractivity contribution in [2.75, 3.05) is 6.54 Å². The largest absolute Gasteiger partial charge is 0.480 e. The van der Waals surface area contributed by atoms with Crippen molar-refractivity contribution in [3.05, 3.63) is 29.0 Å². The van der Waals surface area contributed by atoms with Gasteiger partial charge in [-0.2, -0.15) is 0 Å². The number of rotatable bonds is 2. The summed E-state index contributed by atoms with van der Waals surface area (Å²) in [4.78, 5) is 29.4. The van der Waals surface area contributed by atoms with Crippen LogP contribution in [0.25, 0.3) is 0 Å². The van der Waals surface area contributed by atoms with E-state index in [4.69, 9.17) is 11.6 Å². The van der Waals surface area contributed by atoms with Gasteiger partial charge in [0.25, 0.3) is 5.91 Å². The van der Waals surface area contributed by atoms with E-state index in [-0.39, 0.29) is 22.5 Å². The van der Waals surface area contributed by atoms with Crippen LogP contribution in [0, 0.1) is 11.8 Å². The topological polar surface area (TPSA) is 70.5 Å². The summed E-state index contributed by atoms with van der Waals surface area (Å²) in [5, 5.41) is 9.58. The molecule has 0 radical (unpaired) electrons. The number of fused-ring (bicyclic) bond motifs is 1. The SMILES string of the molecule is O=C(O)C1C2CCCC2CN1C(=O)c1cccnc1Cl. The Hall–Kier alpha value is -1.62. The lowest BCUT2D eigenvalue weighted by Gasteiger charge is -2.24. The Kier molecular flexibility index (Phi) is 3.38. The van der Waals surface area contributed by atoms with Crippen LogP contribution in [0.2, 0.25) is 5.15 Å². The highest BCUT2D eigenvalue weighted by molar-refractivity contribution is 6.32. The van der Waals surface area contributed by atoms with Crippen LogP contribution in [0.15, 0.2) is 18.3 Å². The Morgan fingerprint density at radius 2 is 2.20 bits per heavy atom. The minimum Gasteiger partial charge on any atom is -0.480 e. The number of halogens is 1. The number of carbonyl (C=O) groups is 2. The van der Waals surface area contributed by atoms with Gasteiger partial charge < -0.3 is 10.0 Å². The molecule has 2 aliphatic rings. The summed E-state index contributed by atoms with van der Waals surface area (Å²) >= 11 is 5.94. The Morgan fingerprint density at radius 1 is 1.40 bits per heavy atom. The van der Waals surface area contributed by atoms with Crippen molar-refractivity contribution in [2.24, 2.45) is 11.8 Å². The van der Waals surface area contributed by atoms with Gasteiger partial charge in [-0.15, -0.1) is 0 Å². The zero-order valence-corrected chi connectivity index (χ0v) is 11.6. The third-order valence-corrected chi connectivity index (χ3v) is 4.69. The third-order valence-electron chi connectivity index (χ3n) is 4.39. The van der Waals surface area contributed by atoms with E-state index in [1.807, 2.05) is 0 Å². The van der Waals surface area contributed by atoms with Crippen molar-refractivity contribution in [3.8, 4) is 0 Å². The summed E-state index contributed by atoms with van der Waals surface area (Å²) in [6, 6.07) is 2.49. The van der Waals surface area contributed by atoms with E-state index in [0.29, 0.717) is 12.5 Å². The molecule has 2 heterocycles. The average Bonchev–Trinajstić information content (AvgIpc) is 2.97. The van der Waals surface area contributed by atoms with E-state index in [9.17, 15) is 14.7 Å². The normalized spacial score (nSPS) is 28.4. The fourth-order valence-corrected chi connectivity index (χ4v) is 3.73. The molecule has 0 spiro atoms. The summed E-state index contributed by atoms with van der Waals surface area (Å²) in [7, 11) is 0. The van der Waals surface area contributed by atoms with Gasteiger partial charge in [0.05, 0.1) is 5.56 Å². The first kappa shape index (κ1) is 13.4. The number of pyridine rings is 1. The molecule has 3 unspecified atom stereocenters. The molecule has 1 aromatic heterocycles. The first-order valence-corrected chi connectivity index (χ1v) is 7.11. The van der Waals surface area contributed by atoms with E-state index in [1.54, 1.807) is 12.1 Å². The van der Waals surface area contributed by atoms with Gasteiger partial charge in [0.15, 0.2) is 0 Å². The second-order valence-corrected chi connectivity index (χ2v) is 5.80. The summed E-state index contributed by atoms with van der Waals surface area (Å²) in [5.74, 6) is -0.875. The van der Waals surface area contributed by atoms with Crippen molar-refractivity contribution in [3.63, 3.8) is 0 Å². The molecule has 2 fully saturated rings. The monoisotopic (exact) mass is 294 g/mol. The minimum atomic E-state index is -0.923. The molecule has 1 aromatic rings. The number of aromatic nitrogens is 1. The highest BCUT2D eigenvalue weighted by Gasteiger charge is 2.49. The molecular formula is C14H15ClN2O3. The van der Waals surface area contributed by atoms with Crippen molar-refractivity contribution in [1.29, 1.82) is 0 Å². The summed E-state index contributed by atoms with van der Waals surface area (Å²) < 4.78 is 0. The number of hydrogen-bond donors (Lipinski definition) is 1. The van der Waals surface area contributed by atoms with Crippen molar-refractivity contribution in [1.82, 2.24) is 9.88 Å². The molecule has 1 saturated carbocycles. The average molecular weight is 295 g/mol. The predicted molar refractivity (Wildman–Crippen MR) is 72.5 cm³/mol. The van der Waals surface area contributed by atoms with Crippen LogP contribution in [0.5, 0.6) is 0 Å². The van der Waals surface area contributed by atoms with Crippen molar-refractivity contribution in [2.45, 2.75) is 25.3 Å².